The first-order valence-electron chi connectivity index (χ1n) is 19.6. The first kappa shape index (κ1) is 34.8. The van der Waals surface area contributed by atoms with Gasteiger partial charge in [0.05, 0.1) is 0 Å². The van der Waals surface area contributed by atoms with Gasteiger partial charge in [0.15, 0.2) is 0 Å². The van der Waals surface area contributed by atoms with Crippen LogP contribution in [-0.4, -0.2) is 0 Å². The molecule has 7 aromatic carbocycles. The Morgan fingerprint density at radius 2 is 0.714 bits per heavy atom. The normalized spacial score (nSPS) is 16.1. The Morgan fingerprint density at radius 1 is 0.321 bits per heavy atom. The van der Waals surface area contributed by atoms with E-state index >= 15 is 0 Å². The van der Waals surface area contributed by atoms with E-state index < -0.39 is 0 Å². The summed E-state index contributed by atoms with van der Waals surface area (Å²) in [6.07, 6.45) is 16.3. The molecule has 0 saturated heterocycles. The van der Waals surface area contributed by atoms with Gasteiger partial charge in [-0.1, -0.05) is 164 Å². The van der Waals surface area contributed by atoms with E-state index in [1.54, 1.807) is 0 Å². The Balaban J connectivity index is 0.857. The van der Waals surface area contributed by atoms with Gasteiger partial charge in [-0.15, -0.1) is 0 Å². The standard InChI is InChI=1S/C54H44N2/c1-5-13-41(14-6-1)46-29-35-53(36-30-46)56(51-19-11-4-12-20-51)54-39-33-48(34-40-54)45-27-23-43(24-28-45)42-21-25-44(26-22-42)47-31-37-52(38-32-47)55(49-15-7-2-8-16-49)50-17-9-3-10-18-50/h1-23,25-33,35-40,43,48H,24,34H2. The molecule has 0 amide bonds. The quantitative estimate of drug-likeness (QED) is 0.139. The molecule has 0 heterocycles. The molecule has 2 aliphatic carbocycles. The second-order valence-corrected chi connectivity index (χ2v) is 14.5. The van der Waals surface area contributed by atoms with E-state index in [1.165, 1.54) is 39.1 Å². The molecular formula is C54H44N2. The summed E-state index contributed by atoms with van der Waals surface area (Å²) in [4.78, 5) is 4.67. The van der Waals surface area contributed by atoms with Crippen molar-refractivity contribution >= 4 is 28.4 Å². The van der Waals surface area contributed by atoms with Crippen LogP contribution in [0.1, 0.15) is 24.3 Å². The van der Waals surface area contributed by atoms with Crippen LogP contribution >= 0.6 is 0 Å². The highest BCUT2D eigenvalue weighted by molar-refractivity contribution is 5.78. The lowest BCUT2D eigenvalue weighted by atomic mass is 9.83. The van der Waals surface area contributed by atoms with Gasteiger partial charge in [-0.25, -0.2) is 0 Å². The summed E-state index contributed by atoms with van der Waals surface area (Å²) in [5.74, 6) is 0.755. The lowest BCUT2D eigenvalue weighted by molar-refractivity contribution is 0.744. The number of para-hydroxylation sites is 3. The number of nitrogens with zero attached hydrogens (tertiary/aromatic N) is 2. The summed E-state index contributed by atoms with van der Waals surface area (Å²) < 4.78 is 0. The minimum Gasteiger partial charge on any atom is -0.311 e. The van der Waals surface area contributed by atoms with Crippen LogP contribution < -0.4 is 9.80 Å². The molecule has 2 atom stereocenters. The van der Waals surface area contributed by atoms with Crippen molar-refractivity contribution in [3.63, 3.8) is 0 Å². The summed E-state index contributed by atoms with van der Waals surface area (Å²) in [7, 11) is 0. The Bertz CT molecular complexity index is 2440. The summed E-state index contributed by atoms with van der Waals surface area (Å²) in [5, 5.41) is 0. The minimum atomic E-state index is 0.374. The number of benzene rings is 7. The second kappa shape index (κ2) is 16.2. The molecule has 0 radical (unpaired) electrons. The second-order valence-electron chi connectivity index (χ2n) is 14.5. The first-order valence-corrected chi connectivity index (χ1v) is 19.6. The number of rotatable bonds is 10. The molecule has 0 fully saturated rings. The summed E-state index contributed by atoms with van der Waals surface area (Å²) >= 11 is 0. The third-order valence-corrected chi connectivity index (χ3v) is 11.0. The van der Waals surface area contributed by atoms with Gasteiger partial charge in [0, 0.05) is 46.0 Å². The van der Waals surface area contributed by atoms with E-state index in [1.807, 2.05) is 0 Å². The van der Waals surface area contributed by atoms with E-state index in [9.17, 15) is 0 Å². The molecule has 0 aliphatic heterocycles. The average molecular weight is 721 g/mol. The van der Waals surface area contributed by atoms with Crippen molar-refractivity contribution in [2.75, 3.05) is 9.80 Å². The first-order chi connectivity index (χ1) is 27.8. The number of allylic oxidation sites excluding steroid dienone is 7. The van der Waals surface area contributed by atoms with E-state index in [0.29, 0.717) is 11.8 Å². The van der Waals surface area contributed by atoms with Crippen LogP contribution in [0.4, 0.5) is 28.4 Å². The Hall–Kier alpha value is -6.90. The predicted octanol–water partition coefficient (Wildman–Crippen LogP) is 14.8. The lowest BCUT2D eigenvalue weighted by Crippen LogP contribution is -2.18. The van der Waals surface area contributed by atoms with Gasteiger partial charge in [0.25, 0.3) is 0 Å². The van der Waals surface area contributed by atoms with E-state index in [4.69, 9.17) is 0 Å². The van der Waals surface area contributed by atoms with Crippen LogP contribution in [0.25, 0.3) is 22.3 Å². The third kappa shape index (κ3) is 7.56. The zero-order chi connectivity index (χ0) is 37.5. The highest BCUT2D eigenvalue weighted by Crippen LogP contribution is 2.39. The Morgan fingerprint density at radius 3 is 1.18 bits per heavy atom. The fourth-order valence-corrected chi connectivity index (χ4v) is 7.97. The highest BCUT2D eigenvalue weighted by atomic mass is 15.1. The van der Waals surface area contributed by atoms with Crippen molar-refractivity contribution in [1.82, 2.24) is 0 Å². The van der Waals surface area contributed by atoms with Crippen LogP contribution in [0.15, 0.2) is 242 Å². The smallest absolute Gasteiger partial charge is 0.0462 e. The van der Waals surface area contributed by atoms with Gasteiger partial charge in [-0.05, 0) is 113 Å². The molecule has 0 saturated carbocycles. The van der Waals surface area contributed by atoms with Gasteiger partial charge in [-0.3, -0.25) is 0 Å². The van der Waals surface area contributed by atoms with Crippen molar-refractivity contribution < 1.29 is 0 Å². The molecule has 2 aliphatic rings. The Labute approximate surface area is 331 Å². The molecule has 56 heavy (non-hydrogen) atoms. The molecular weight excluding hydrogens is 677 g/mol. The number of anilines is 5. The fraction of sp³-hybridized carbons (Fsp3) is 0.0741. The van der Waals surface area contributed by atoms with Crippen LogP contribution in [-0.2, 0) is 0 Å². The van der Waals surface area contributed by atoms with E-state index in [2.05, 4.69) is 240 Å². The van der Waals surface area contributed by atoms with Gasteiger partial charge < -0.3 is 9.80 Å². The van der Waals surface area contributed by atoms with Crippen LogP contribution in [0.3, 0.4) is 0 Å². The summed E-state index contributed by atoms with van der Waals surface area (Å²) in [5.41, 5.74) is 14.6. The minimum absolute atomic E-state index is 0.374. The summed E-state index contributed by atoms with van der Waals surface area (Å²) in [6.45, 7) is 0. The maximum atomic E-state index is 2.45. The van der Waals surface area contributed by atoms with Crippen molar-refractivity contribution in [2.45, 2.75) is 18.8 Å². The average Bonchev–Trinajstić information content (AvgIpc) is 3.29. The van der Waals surface area contributed by atoms with Crippen LogP contribution in [0.5, 0.6) is 0 Å². The monoisotopic (exact) mass is 720 g/mol. The van der Waals surface area contributed by atoms with Gasteiger partial charge in [0.2, 0.25) is 0 Å². The van der Waals surface area contributed by atoms with Crippen molar-refractivity contribution in [3.8, 4) is 22.3 Å². The molecule has 0 N–H and O–H groups in total. The van der Waals surface area contributed by atoms with Crippen LogP contribution in [0.2, 0.25) is 0 Å². The van der Waals surface area contributed by atoms with Crippen molar-refractivity contribution in [2.24, 2.45) is 5.92 Å². The fourth-order valence-electron chi connectivity index (χ4n) is 7.97. The van der Waals surface area contributed by atoms with Gasteiger partial charge in [0.1, 0.15) is 0 Å². The molecule has 0 spiro atoms. The number of hydrogen-bond acceptors (Lipinski definition) is 2. The van der Waals surface area contributed by atoms with E-state index in [0.717, 1.165) is 41.3 Å². The third-order valence-electron chi connectivity index (χ3n) is 11.0. The Kier molecular flexibility index (Phi) is 10.1. The number of hydrogen-bond donors (Lipinski definition) is 0. The molecule has 2 unspecified atom stereocenters. The topological polar surface area (TPSA) is 6.48 Å². The molecule has 2 heteroatoms. The predicted molar refractivity (Wildman–Crippen MR) is 237 cm³/mol. The molecule has 7 aromatic rings. The van der Waals surface area contributed by atoms with Crippen molar-refractivity contribution in [3.05, 3.63) is 247 Å². The zero-order valence-corrected chi connectivity index (χ0v) is 31.4. The maximum Gasteiger partial charge on any atom is 0.0462 e. The molecule has 9 rings (SSSR count). The van der Waals surface area contributed by atoms with E-state index in [-0.39, 0.29) is 0 Å². The lowest BCUT2D eigenvalue weighted by Gasteiger charge is -2.30. The SMILES string of the molecule is C1=CC(c2ccc(-c3ccc(N(c4ccccc4)c4ccccc4)cc3)cc2)CC=C1C1C=CC(N(c2ccccc2)c2ccc(-c3ccccc3)cc2)=CC1. The molecule has 2 nitrogen and oxygen atoms in total. The summed E-state index contributed by atoms with van der Waals surface area (Å²) in [6, 6.07) is 69.3. The molecule has 0 aromatic heterocycles. The van der Waals surface area contributed by atoms with Crippen molar-refractivity contribution in [1.29, 1.82) is 0 Å². The zero-order valence-electron chi connectivity index (χ0n) is 31.4. The highest BCUT2D eigenvalue weighted by Gasteiger charge is 2.21. The molecule has 270 valence electrons. The van der Waals surface area contributed by atoms with Crippen LogP contribution in [0, 0.1) is 5.92 Å². The maximum absolute atomic E-state index is 2.45. The van der Waals surface area contributed by atoms with Gasteiger partial charge in [-0.2, -0.15) is 0 Å². The molecule has 0 bridgehead atoms. The largest absolute Gasteiger partial charge is 0.311 e. The van der Waals surface area contributed by atoms with Gasteiger partial charge >= 0.3 is 0 Å².